The minimum atomic E-state index is 0.189. The van der Waals surface area contributed by atoms with Crippen molar-refractivity contribution in [1.82, 2.24) is 4.98 Å². The first-order valence-corrected chi connectivity index (χ1v) is 9.26. The summed E-state index contributed by atoms with van der Waals surface area (Å²) in [7, 11) is 0. The molecule has 0 radical (unpaired) electrons. The first-order chi connectivity index (χ1) is 12.2. The van der Waals surface area contributed by atoms with E-state index in [-0.39, 0.29) is 5.92 Å². The number of hydrogen-bond acceptors (Lipinski definition) is 1. The van der Waals surface area contributed by atoms with Crippen LogP contribution in [0.15, 0.2) is 66.9 Å². The van der Waals surface area contributed by atoms with E-state index in [9.17, 15) is 0 Å². The molecule has 1 nitrogen and oxygen atoms in total. The van der Waals surface area contributed by atoms with Crippen molar-refractivity contribution in [3.8, 4) is 0 Å². The number of rotatable bonds is 6. The van der Waals surface area contributed by atoms with Crippen molar-refractivity contribution in [3.63, 3.8) is 0 Å². The lowest BCUT2D eigenvalue weighted by molar-refractivity contribution is 0.777. The van der Waals surface area contributed by atoms with Crippen LogP contribution in [0.5, 0.6) is 0 Å². The Kier molecular flexibility index (Phi) is 5.65. The van der Waals surface area contributed by atoms with Crippen LogP contribution in [0.2, 0.25) is 0 Å². The second-order valence-electron chi connectivity index (χ2n) is 6.90. The molecule has 3 aromatic rings. The Labute approximate surface area is 151 Å². The standard InChI is InChI=1S/C24H27N/c1-4-5-8-21-17-19(3)12-15-22(21)24(23-9-6-7-16-25-23)20-13-10-18(2)11-14-20/h6-7,9-17,24H,4-5,8H2,1-3H3/t24-/m0/s1. The minimum absolute atomic E-state index is 0.189. The molecule has 2 aromatic carbocycles. The molecule has 1 aromatic heterocycles. The summed E-state index contributed by atoms with van der Waals surface area (Å²) in [6.45, 7) is 6.57. The summed E-state index contributed by atoms with van der Waals surface area (Å²) in [4.78, 5) is 4.70. The van der Waals surface area contributed by atoms with Crippen LogP contribution in [0.4, 0.5) is 0 Å². The molecule has 0 aliphatic heterocycles. The normalized spacial score (nSPS) is 12.1. The maximum Gasteiger partial charge on any atom is 0.0522 e. The van der Waals surface area contributed by atoms with Gasteiger partial charge in [-0.05, 0) is 55.5 Å². The van der Waals surface area contributed by atoms with Gasteiger partial charge < -0.3 is 0 Å². The number of hydrogen-bond donors (Lipinski definition) is 0. The molecule has 0 unspecified atom stereocenters. The van der Waals surface area contributed by atoms with Crippen LogP contribution >= 0.6 is 0 Å². The molecule has 0 fully saturated rings. The van der Waals surface area contributed by atoms with E-state index in [1.54, 1.807) is 0 Å². The van der Waals surface area contributed by atoms with Gasteiger partial charge in [0.15, 0.2) is 0 Å². The highest BCUT2D eigenvalue weighted by molar-refractivity contribution is 5.46. The van der Waals surface area contributed by atoms with Crippen molar-refractivity contribution in [2.24, 2.45) is 0 Å². The zero-order valence-electron chi connectivity index (χ0n) is 15.5. The van der Waals surface area contributed by atoms with Crippen LogP contribution in [0.25, 0.3) is 0 Å². The van der Waals surface area contributed by atoms with Crippen molar-refractivity contribution in [1.29, 1.82) is 0 Å². The maximum atomic E-state index is 4.70. The lowest BCUT2D eigenvalue weighted by atomic mass is 9.83. The van der Waals surface area contributed by atoms with Gasteiger partial charge >= 0.3 is 0 Å². The van der Waals surface area contributed by atoms with E-state index >= 15 is 0 Å². The lowest BCUT2D eigenvalue weighted by Crippen LogP contribution is -2.09. The molecule has 0 amide bonds. The fourth-order valence-electron chi connectivity index (χ4n) is 3.42. The van der Waals surface area contributed by atoms with Gasteiger partial charge in [0.1, 0.15) is 0 Å². The third-order valence-corrected chi connectivity index (χ3v) is 4.80. The number of aromatic nitrogens is 1. The summed E-state index contributed by atoms with van der Waals surface area (Å²) in [5, 5.41) is 0. The van der Waals surface area contributed by atoms with E-state index in [0.717, 1.165) is 12.1 Å². The Hall–Kier alpha value is -2.41. The average Bonchev–Trinajstić information content (AvgIpc) is 2.64. The highest BCUT2D eigenvalue weighted by Crippen LogP contribution is 2.34. The molecule has 0 saturated carbocycles. The zero-order valence-corrected chi connectivity index (χ0v) is 15.5. The van der Waals surface area contributed by atoms with Gasteiger partial charge in [0.05, 0.1) is 11.6 Å². The summed E-state index contributed by atoms with van der Waals surface area (Å²) >= 11 is 0. The van der Waals surface area contributed by atoms with E-state index in [4.69, 9.17) is 4.98 Å². The molecule has 0 N–H and O–H groups in total. The minimum Gasteiger partial charge on any atom is -0.260 e. The topological polar surface area (TPSA) is 12.9 Å². The van der Waals surface area contributed by atoms with Crippen LogP contribution in [0.1, 0.15) is 59.2 Å². The number of nitrogens with zero attached hydrogens (tertiary/aromatic N) is 1. The van der Waals surface area contributed by atoms with Gasteiger partial charge in [-0.15, -0.1) is 0 Å². The van der Waals surface area contributed by atoms with E-state index in [1.165, 1.54) is 40.7 Å². The molecule has 0 aliphatic rings. The van der Waals surface area contributed by atoms with Gasteiger partial charge in [0.2, 0.25) is 0 Å². The second-order valence-corrected chi connectivity index (χ2v) is 6.90. The molecule has 0 spiro atoms. The molecular formula is C24H27N. The SMILES string of the molecule is CCCCc1cc(C)ccc1[C@H](c1ccc(C)cc1)c1ccccn1. The van der Waals surface area contributed by atoms with Gasteiger partial charge in [0.25, 0.3) is 0 Å². The van der Waals surface area contributed by atoms with Crippen LogP contribution in [-0.4, -0.2) is 4.98 Å². The Balaban J connectivity index is 2.13. The van der Waals surface area contributed by atoms with Crippen LogP contribution < -0.4 is 0 Å². The summed E-state index contributed by atoms with van der Waals surface area (Å²) in [5.74, 6) is 0.189. The number of pyridine rings is 1. The summed E-state index contributed by atoms with van der Waals surface area (Å²) in [6, 6.07) is 22.0. The summed E-state index contributed by atoms with van der Waals surface area (Å²) < 4.78 is 0. The monoisotopic (exact) mass is 329 g/mol. The van der Waals surface area contributed by atoms with E-state index < -0.39 is 0 Å². The quantitative estimate of drug-likeness (QED) is 0.523. The Morgan fingerprint density at radius 3 is 2.32 bits per heavy atom. The highest BCUT2D eigenvalue weighted by Gasteiger charge is 2.20. The van der Waals surface area contributed by atoms with Gasteiger partial charge in [0, 0.05) is 6.20 Å². The van der Waals surface area contributed by atoms with Crippen LogP contribution in [-0.2, 0) is 6.42 Å². The van der Waals surface area contributed by atoms with Crippen molar-refractivity contribution >= 4 is 0 Å². The molecule has 1 heteroatoms. The first kappa shape index (κ1) is 17.4. The van der Waals surface area contributed by atoms with Gasteiger partial charge in [-0.2, -0.15) is 0 Å². The fraction of sp³-hybridized carbons (Fsp3) is 0.292. The fourth-order valence-corrected chi connectivity index (χ4v) is 3.42. The third-order valence-electron chi connectivity index (χ3n) is 4.80. The van der Waals surface area contributed by atoms with E-state index in [1.807, 2.05) is 12.3 Å². The molecule has 3 rings (SSSR count). The van der Waals surface area contributed by atoms with Gasteiger partial charge in [-0.1, -0.05) is 73.0 Å². The van der Waals surface area contributed by atoms with Crippen LogP contribution in [0, 0.1) is 13.8 Å². The Morgan fingerprint density at radius 2 is 1.64 bits per heavy atom. The third kappa shape index (κ3) is 4.17. The Morgan fingerprint density at radius 1 is 0.880 bits per heavy atom. The first-order valence-electron chi connectivity index (χ1n) is 9.26. The van der Waals surface area contributed by atoms with Gasteiger partial charge in [-0.25, -0.2) is 0 Å². The summed E-state index contributed by atoms with van der Waals surface area (Å²) in [5.41, 5.74) is 7.90. The maximum absolute atomic E-state index is 4.70. The molecular weight excluding hydrogens is 302 g/mol. The predicted octanol–water partition coefficient (Wildman–Crippen LogP) is 6.22. The van der Waals surface area contributed by atoms with Crippen molar-refractivity contribution < 1.29 is 0 Å². The Bertz CT molecular complexity index is 803. The van der Waals surface area contributed by atoms with E-state index in [2.05, 4.69) is 75.4 Å². The van der Waals surface area contributed by atoms with Crippen molar-refractivity contribution in [2.45, 2.75) is 46.0 Å². The molecule has 128 valence electrons. The molecule has 0 saturated heterocycles. The zero-order chi connectivity index (χ0) is 17.6. The number of aryl methyl sites for hydroxylation is 3. The second kappa shape index (κ2) is 8.11. The number of unbranched alkanes of at least 4 members (excludes halogenated alkanes) is 1. The molecule has 1 heterocycles. The highest BCUT2D eigenvalue weighted by atomic mass is 14.7. The predicted molar refractivity (Wildman–Crippen MR) is 106 cm³/mol. The van der Waals surface area contributed by atoms with Crippen LogP contribution in [0.3, 0.4) is 0 Å². The van der Waals surface area contributed by atoms with Gasteiger partial charge in [-0.3, -0.25) is 4.98 Å². The average molecular weight is 329 g/mol. The molecule has 0 aliphatic carbocycles. The number of benzene rings is 2. The van der Waals surface area contributed by atoms with Crippen molar-refractivity contribution in [3.05, 3.63) is 100 Å². The molecule has 1 atom stereocenters. The molecule has 25 heavy (non-hydrogen) atoms. The smallest absolute Gasteiger partial charge is 0.0522 e. The largest absolute Gasteiger partial charge is 0.260 e. The lowest BCUT2D eigenvalue weighted by Gasteiger charge is -2.22. The van der Waals surface area contributed by atoms with E-state index in [0.29, 0.717) is 0 Å². The van der Waals surface area contributed by atoms with Crippen molar-refractivity contribution in [2.75, 3.05) is 0 Å². The molecule has 0 bridgehead atoms. The summed E-state index contributed by atoms with van der Waals surface area (Å²) in [6.07, 6.45) is 5.46.